The number of piperazine rings is 1. The van der Waals surface area contributed by atoms with Crippen LogP contribution in [-0.4, -0.2) is 35.6 Å². The Hall–Kier alpha value is -1.67. The fourth-order valence-corrected chi connectivity index (χ4v) is 1.68. The Kier molecular flexibility index (Phi) is 2.79. The predicted octanol–water partition coefficient (Wildman–Crippen LogP) is 0.146. The van der Waals surface area contributed by atoms with Crippen LogP contribution in [0.3, 0.4) is 0 Å². The average molecular weight is 203 g/mol. The van der Waals surface area contributed by atoms with Gasteiger partial charge < -0.3 is 10.2 Å². The minimum Gasteiger partial charge on any atom is -0.353 e. The second-order valence-electron chi connectivity index (χ2n) is 3.67. The summed E-state index contributed by atoms with van der Waals surface area (Å²) >= 11 is 0. The third-order valence-corrected chi connectivity index (χ3v) is 2.45. The summed E-state index contributed by atoms with van der Waals surface area (Å²) in [7, 11) is 0. The summed E-state index contributed by atoms with van der Waals surface area (Å²) in [5, 5.41) is 12.0. The molecule has 1 aromatic rings. The first-order valence-corrected chi connectivity index (χ1v) is 5.00. The fraction of sp³-hybridized carbons (Fsp3) is 0.500. The molecule has 0 radical (unpaired) electrons. The monoisotopic (exact) mass is 203 g/mol. The number of hydrogen-bond donors (Lipinski definition) is 1. The minimum atomic E-state index is 0.363. The minimum absolute atomic E-state index is 0.363. The van der Waals surface area contributed by atoms with Crippen LogP contribution in [0.15, 0.2) is 12.4 Å². The number of anilines is 1. The van der Waals surface area contributed by atoms with Gasteiger partial charge in [-0.2, -0.15) is 5.26 Å². The number of nitrogens with one attached hydrogen (secondary N) is 1. The standard InChI is InChI=1S/C10H13N5/c1-8-7-15(3-2-12-8)10-6-13-9(4-11)5-14-10/h5-6,8,12H,2-3,7H2,1H3/t8-/m1/s1. The maximum Gasteiger partial charge on any atom is 0.158 e. The maximum absolute atomic E-state index is 8.60. The molecule has 1 N–H and O–H groups in total. The lowest BCUT2D eigenvalue weighted by atomic mass is 10.2. The van der Waals surface area contributed by atoms with Crippen molar-refractivity contribution in [3.05, 3.63) is 18.1 Å². The van der Waals surface area contributed by atoms with E-state index in [2.05, 4.69) is 27.1 Å². The van der Waals surface area contributed by atoms with Crippen molar-refractivity contribution in [3.63, 3.8) is 0 Å². The SMILES string of the molecule is C[C@@H]1CN(c2cnc(C#N)cn2)CCN1. The molecule has 1 saturated heterocycles. The van der Waals surface area contributed by atoms with Gasteiger partial charge in [0.1, 0.15) is 11.9 Å². The summed E-state index contributed by atoms with van der Waals surface area (Å²) in [5.74, 6) is 0.849. The smallest absolute Gasteiger partial charge is 0.158 e. The molecule has 0 saturated carbocycles. The summed E-state index contributed by atoms with van der Waals surface area (Å²) in [6.07, 6.45) is 3.18. The molecule has 5 nitrogen and oxygen atoms in total. The van der Waals surface area contributed by atoms with Crippen LogP contribution in [0.1, 0.15) is 12.6 Å². The molecule has 78 valence electrons. The van der Waals surface area contributed by atoms with Gasteiger partial charge in [0.05, 0.1) is 12.4 Å². The third kappa shape index (κ3) is 2.22. The fourth-order valence-electron chi connectivity index (χ4n) is 1.68. The van der Waals surface area contributed by atoms with Gasteiger partial charge in [-0.25, -0.2) is 9.97 Å². The van der Waals surface area contributed by atoms with E-state index in [1.165, 1.54) is 6.20 Å². The lowest BCUT2D eigenvalue weighted by Crippen LogP contribution is -2.49. The Morgan fingerprint density at radius 1 is 1.53 bits per heavy atom. The van der Waals surface area contributed by atoms with Crippen molar-refractivity contribution in [2.75, 3.05) is 24.5 Å². The van der Waals surface area contributed by atoms with Crippen LogP contribution in [0.2, 0.25) is 0 Å². The molecule has 5 heteroatoms. The van der Waals surface area contributed by atoms with E-state index in [0.29, 0.717) is 11.7 Å². The first-order chi connectivity index (χ1) is 7.29. The van der Waals surface area contributed by atoms with E-state index >= 15 is 0 Å². The second-order valence-corrected chi connectivity index (χ2v) is 3.67. The first kappa shape index (κ1) is 9.87. The topological polar surface area (TPSA) is 64.8 Å². The highest BCUT2D eigenvalue weighted by molar-refractivity contribution is 5.38. The van der Waals surface area contributed by atoms with E-state index in [1.807, 2.05) is 6.07 Å². The van der Waals surface area contributed by atoms with E-state index in [-0.39, 0.29) is 0 Å². The van der Waals surface area contributed by atoms with Gasteiger partial charge in [-0.05, 0) is 6.92 Å². The molecule has 2 rings (SSSR count). The van der Waals surface area contributed by atoms with Crippen LogP contribution in [0.25, 0.3) is 0 Å². The van der Waals surface area contributed by atoms with Crippen molar-refractivity contribution < 1.29 is 0 Å². The van der Waals surface area contributed by atoms with Crippen LogP contribution >= 0.6 is 0 Å². The van der Waals surface area contributed by atoms with Crippen molar-refractivity contribution in [2.45, 2.75) is 13.0 Å². The van der Waals surface area contributed by atoms with Crippen LogP contribution in [0.4, 0.5) is 5.82 Å². The first-order valence-electron chi connectivity index (χ1n) is 5.00. The summed E-state index contributed by atoms with van der Waals surface area (Å²) in [6, 6.07) is 2.43. The van der Waals surface area contributed by atoms with Gasteiger partial charge in [0.15, 0.2) is 5.69 Å². The van der Waals surface area contributed by atoms with Crippen LogP contribution in [0.5, 0.6) is 0 Å². The molecule has 0 aromatic carbocycles. The average Bonchev–Trinajstić information content (AvgIpc) is 2.29. The van der Waals surface area contributed by atoms with Gasteiger partial charge in [0, 0.05) is 25.7 Å². The normalized spacial score (nSPS) is 21.1. The zero-order chi connectivity index (χ0) is 10.7. The van der Waals surface area contributed by atoms with Crippen molar-refractivity contribution >= 4 is 5.82 Å². The van der Waals surface area contributed by atoms with E-state index in [4.69, 9.17) is 5.26 Å². The van der Waals surface area contributed by atoms with Crippen LogP contribution < -0.4 is 10.2 Å². The van der Waals surface area contributed by atoms with Crippen molar-refractivity contribution in [1.29, 1.82) is 5.26 Å². The Morgan fingerprint density at radius 2 is 2.40 bits per heavy atom. The third-order valence-electron chi connectivity index (χ3n) is 2.45. The van der Waals surface area contributed by atoms with E-state index < -0.39 is 0 Å². The summed E-state index contributed by atoms with van der Waals surface area (Å²) in [5.41, 5.74) is 0.363. The van der Waals surface area contributed by atoms with Crippen molar-refractivity contribution in [3.8, 4) is 6.07 Å². The van der Waals surface area contributed by atoms with Gasteiger partial charge in [-0.1, -0.05) is 0 Å². The molecule has 0 unspecified atom stereocenters. The molecule has 0 bridgehead atoms. The molecule has 0 aliphatic carbocycles. The number of hydrogen-bond acceptors (Lipinski definition) is 5. The second kappa shape index (κ2) is 4.24. The molecule has 2 heterocycles. The molecular weight excluding hydrogens is 190 g/mol. The summed E-state index contributed by atoms with van der Waals surface area (Å²) < 4.78 is 0. The summed E-state index contributed by atoms with van der Waals surface area (Å²) in [6.45, 7) is 4.97. The van der Waals surface area contributed by atoms with Gasteiger partial charge in [-0.15, -0.1) is 0 Å². The van der Waals surface area contributed by atoms with Gasteiger partial charge >= 0.3 is 0 Å². The highest BCUT2D eigenvalue weighted by Gasteiger charge is 2.16. The lowest BCUT2D eigenvalue weighted by Gasteiger charge is -2.32. The molecule has 1 atom stereocenters. The van der Waals surface area contributed by atoms with Crippen molar-refractivity contribution in [1.82, 2.24) is 15.3 Å². The zero-order valence-electron chi connectivity index (χ0n) is 8.64. The van der Waals surface area contributed by atoms with Crippen molar-refractivity contribution in [2.24, 2.45) is 0 Å². The Bertz CT molecular complexity index is 366. The molecular formula is C10H13N5. The quantitative estimate of drug-likeness (QED) is 0.703. The molecule has 0 spiro atoms. The molecule has 1 fully saturated rings. The Balaban J connectivity index is 2.12. The molecule has 15 heavy (non-hydrogen) atoms. The van der Waals surface area contributed by atoms with Crippen LogP contribution in [-0.2, 0) is 0 Å². The highest BCUT2D eigenvalue weighted by Crippen LogP contribution is 2.11. The molecule has 1 aromatic heterocycles. The number of aromatic nitrogens is 2. The zero-order valence-corrected chi connectivity index (χ0v) is 8.64. The Labute approximate surface area is 88.8 Å². The summed E-state index contributed by atoms with van der Waals surface area (Å²) in [4.78, 5) is 10.4. The predicted molar refractivity (Wildman–Crippen MR) is 56.4 cm³/mol. The molecule has 1 aliphatic heterocycles. The number of rotatable bonds is 1. The Morgan fingerprint density at radius 3 is 3.00 bits per heavy atom. The van der Waals surface area contributed by atoms with Gasteiger partial charge in [0.25, 0.3) is 0 Å². The highest BCUT2D eigenvalue weighted by atomic mass is 15.2. The maximum atomic E-state index is 8.60. The van der Waals surface area contributed by atoms with E-state index in [0.717, 1.165) is 25.5 Å². The number of nitriles is 1. The van der Waals surface area contributed by atoms with Crippen LogP contribution in [0, 0.1) is 11.3 Å². The van der Waals surface area contributed by atoms with E-state index in [9.17, 15) is 0 Å². The van der Waals surface area contributed by atoms with Gasteiger partial charge in [-0.3, -0.25) is 0 Å². The lowest BCUT2D eigenvalue weighted by molar-refractivity contribution is 0.482. The van der Waals surface area contributed by atoms with Gasteiger partial charge in [0.2, 0.25) is 0 Å². The molecule has 1 aliphatic rings. The molecule has 0 amide bonds. The largest absolute Gasteiger partial charge is 0.353 e. The number of nitrogens with zero attached hydrogens (tertiary/aromatic N) is 4. The van der Waals surface area contributed by atoms with E-state index in [1.54, 1.807) is 6.20 Å².